The summed E-state index contributed by atoms with van der Waals surface area (Å²) in [4.78, 5) is 3.67. The first-order valence-corrected chi connectivity index (χ1v) is 6.98. The summed E-state index contributed by atoms with van der Waals surface area (Å²) in [6.07, 6.45) is -2.31. The summed E-state index contributed by atoms with van der Waals surface area (Å²) in [5, 5.41) is 7.43. The maximum Gasteiger partial charge on any atom is 0.433 e. The third-order valence-electron chi connectivity index (χ3n) is 3.69. The minimum Gasteiger partial charge on any atom is -0.382 e. The molecule has 0 unspecified atom stereocenters. The third kappa shape index (κ3) is 3.26. The van der Waals surface area contributed by atoms with Crippen LogP contribution in [0.15, 0.2) is 30.3 Å². The van der Waals surface area contributed by atoms with Crippen LogP contribution >= 0.6 is 0 Å². The molecule has 0 saturated carbocycles. The molecular weight excluding hydrogens is 279 g/mol. The summed E-state index contributed by atoms with van der Waals surface area (Å²) >= 11 is 0. The fraction of sp³-hybridized carbons (Fsp3) is 0.400. The Hall–Kier alpha value is -1.82. The number of hydrogen-bond acceptors (Lipinski definition) is 3. The van der Waals surface area contributed by atoms with Crippen molar-refractivity contribution in [3.63, 3.8) is 0 Å². The molecule has 2 heterocycles. The molecule has 0 spiro atoms. The molecule has 1 saturated heterocycles. The number of piperidine rings is 1. The molecule has 1 aliphatic heterocycles. The van der Waals surface area contributed by atoms with Gasteiger partial charge in [0, 0.05) is 17.1 Å². The summed E-state index contributed by atoms with van der Waals surface area (Å²) in [5.74, 6) is 0. The molecule has 0 amide bonds. The van der Waals surface area contributed by atoms with Crippen molar-refractivity contribution in [3.8, 4) is 0 Å². The number of nitrogens with zero attached hydrogens (tertiary/aromatic N) is 1. The van der Waals surface area contributed by atoms with Crippen LogP contribution in [0, 0.1) is 0 Å². The van der Waals surface area contributed by atoms with Crippen LogP contribution in [0.3, 0.4) is 0 Å². The van der Waals surface area contributed by atoms with Gasteiger partial charge in [-0.1, -0.05) is 6.07 Å². The van der Waals surface area contributed by atoms with Gasteiger partial charge in [0.1, 0.15) is 5.69 Å². The highest BCUT2D eigenvalue weighted by Crippen LogP contribution is 2.29. The van der Waals surface area contributed by atoms with Crippen LogP contribution in [0.25, 0.3) is 10.9 Å². The largest absolute Gasteiger partial charge is 0.433 e. The van der Waals surface area contributed by atoms with Crippen molar-refractivity contribution in [2.75, 3.05) is 18.4 Å². The Labute approximate surface area is 120 Å². The maximum absolute atomic E-state index is 12.6. The van der Waals surface area contributed by atoms with Crippen molar-refractivity contribution >= 4 is 16.6 Å². The fourth-order valence-electron chi connectivity index (χ4n) is 2.58. The highest BCUT2D eigenvalue weighted by atomic mass is 19.4. The number of anilines is 1. The lowest BCUT2D eigenvalue weighted by molar-refractivity contribution is -0.140. The Morgan fingerprint density at radius 1 is 1.10 bits per heavy atom. The lowest BCUT2D eigenvalue weighted by Gasteiger charge is -2.24. The van der Waals surface area contributed by atoms with Crippen LogP contribution in [-0.4, -0.2) is 24.1 Å². The Kier molecular flexibility index (Phi) is 3.71. The molecule has 0 radical (unpaired) electrons. The zero-order chi connectivity index (χ0) is 14.9. The molecule has 1 aromatic heterocycles. The number of rotatable bonds is 2. The summed E-state index contributed by atoms with van der Waals surface area (Å²) < 4.78 is 37.9. The monoisotopic (exact) mass is 295 g/mol. The molecule has 1 aromatic carbocycles. The van der Waals surface area contributed by atoms with Crippen LogP contribution in [0.4, 0.5) is 18.9 Å². The van der Waals surface area contributed by atoms with E-state index >= 15 is 0 Å². The topological polar surface area (TPSA) is 37.0 Å². The Morgan fingerprint density at radius 3 is 2.57 bits per heavy atom. The van der Waals surface area contributed by atoms with E-state index in [1.807, 2.05) is 6.07 Å². The molecule has 0 bridgehead atoms. The van der Waals surface area contributed by atoms with Gasteiger partial charge >= 0.3 is 6.18 Å². The van der Waals surface area contributed by atoms with Crippen molar-refractivity contribution in [2.24, 2.45) is 0 Å². The zero-order valence-electron chi connectivity index (χ0n) is 11.4. The van der Waals surface area contributed by atoms with Gasteiger partial charge in [-0.2, -0.15) is 13.2 Å². The molecule has 3 rings (SSSR count). The van der Waals surface area contributed by atoms with Crippen LogP contribution in [0.2, 0.25) is 0 Å². The molecule has 0 atom stereocenters. The number of alkyl halides is 3. The van der Waals surface area contributed by atoms with Gasteiger partial charge in [0.15, 0.2) is 0 Å². The number of fused-ring (bicyclic) bond motifs is 1. The standard InChI is InChI=1S/C15H16F3N3/c16-15(17,18)14-4-1-10-9-12(2-3-13(10)21-14)20-11-5-7-19-8-6-11/h1-4,9,11,19-20H,5-8H2. The molecule has 3 nitrogen and oxygen atoms in total. The molecular formula is C15H16F3N3. The first-order valence-electron chi connectivity index (χ1n) is 6.98. The smallest absolute Gasteiger partial charge is 0.382 e. The maximum atomic E-state index is 12.6. The lowest BCUT2D eigenvalue weighted by atomic mass is 10.1. The SMILES string of the molecule is FC(F)(F)c1ccc2cc(NC3CCNCC3)ccc2n1. The molecule has 0 aliphatic carbocycles. The highest BCUT2D eigenvalue weighted by Gasteiger charge is 2.32. The third-order valence-corrected chi connectivity index (χ3v) is 3.69. The van der Waals surface area contributed by atoms with Gasteiger partial charge in [-0.15, -0.1) is 0 Å². The average molecular weight is 295 g/mol. The molecule has 1 fully saturated rings. The highest BCUT2D eigenvalue weighted by molar-refractivity contribution is 5.82. The Bertz CT molecular complexity index is 634. The summed E-state index contributed by atoms with van der Waals surface area (Å²) in [6.45, 7) is 1.98. The van der Waals surface area contributed by atoms with Crippen molar-refractivity contribution in [1.82, 2.24) is 10.3 Å². The fourth-order valence-corrected chi connectivity index (χ4v) is 2.58. The van der Waals surface area contributed by atoms with E-state index in [2.05, 4.69) is 15.6 Å². The van der Waals surface area contributed by atoms with Crippen molar-refractivity contribution < 1.29 is 13.2 Å². The summed E-state index contributed by atoms with van der Waals surface area (Å²) in [7, 11) is 0. The van der Waals surface area contributed by atoms with E-state index < -0.39 is 11.9 Å². The quantitative estimate of drug-likeness (QED) is 0.891. The van der Waals surface area contributed by atoms with Crippen LogP contribution in [-0.2, 0) is 6.18 Å². The minimum atomic E-state index is -4.40. The average Bonchev–Trinajstić information content (AvgIpc) is 2.47. The first kappa shape index (κ1) is 14.1. The Balaban J connectivity index is 1.83. The van der Waals surface area contributed by atoms with E-state index in [1.165, 1.54) is 6.07 Å². The second-order valence-corrected chi connectivity index (χ2v) is 5.27. The van der Waals surface area contributed by atoms with Crippen molar-refractivity contribution in [2.45, 2.75) is 25.1 Å². The number of pyridine rings is 1. The van der Waals surface area contributed by atoms with Crippen LogP contribution < -0.4 is 10.6 Å². The molecule has 21 heavy (non-hydrogen) atoms. The van der Waals surface area contributed by atoms with Gasteiger partial charge in [-0.3, -0.25) is 0 Å². The number of nitrogens with one attached hydrogen (secondary N) is 2. The van der Waals surface area contributed by atoms with Crippen LogP contribution in [0.1, 0.15) is 18.5 Å². The first-order chi connectivity index (χ1) is 10.0. The molecule has 2 aromatic rings. The van der Waals surface area contributed by atoms with Gasteiger partial charge in [0.25, 0.3) is 0 Å². The molecule has 2 N–H and O–H groups in total. The van der Waals surface area contributed by atoms with Crippen molar-refractivity contribution in [1.29, 1.82) is 0 Å². The van der Waals surface area contributed by atoms with Crippen LogP contribution in [0.5, 0.6) is 0 Å². The van der Waals surface area contributed by atoms with Gasteiger partial charge in [-0.05, 0) is 50.2 Å². The van der Waals surface area contributed by atoms with E-state index in [0.29, 0.717) is 16.9 Å². The second-order valence-electron chi connectivity index (χ2n) is 5.27. The van der Waals surface area contributed by atoms with Gasteiger partial charge in [0.05, 0.1) is 5.52 Å². The van der Waals surface area contributed by atoms with E-state index in [4.69, 9.17) is 0 Å². The number of aromatic nitrogens is 1. The van der Waals surface area contributed by atoms with E-state index in [9.17, 15) is 13.2 Å². The van der Waals surface area contributed by atoms with Gasteiger partial charge in [-0.25, -0.2) is 4.98 Å². The Morgan fingerprint density at radius 2 is 1.86 bits per heavy atom. The predicted molar refractivity (Wildman–Crippen MR) is 76.3 cm³/mol. The van der Waals surface area contributed by atoms with Gasteiger partial charge < -0.3 is 10.6 Å². The molecule has 1 aliphatic rings. The minimum absolute atomic E-state index is 0.362. The summed E-state index contributed by atoms with van der Waals surface area (Å²) in [6, 6.07) is 8.18. The number of halogens is 3. The predicted octanol–water partition coefficient (Wildman–Crippen LogP) is 3.42. The van der Waals surface area contributed by atoms with Gasteiger partial charge in [0.2, 0.25) is 0 Å². The number of benzene rings is 1. The van der Waals surface area contributed by atoms with Crippen molar-refractivity contribution in [3.05, 3.63) is 36.0 Å². The lowest BCUT2D eigenvalue weighted by Crippen LogP contribution is -2.35. The van der Waals surface area contributed by atoms with E-state index in [1.54, 1.807) is 12.1 Å². The van der Waals surface area contributed by atoms with E-state index in [0.717, 1.165) is 37.7 Å². The zero-order valence-corrected chi connectivity index (χ0v) is 11.4. The second kappa shape index (κ2) is 5.52. The molecule has 6 heteroatoms. The normalized spacial score (nSPS) is 17.1. The van der Waals surface area contributed by atoms with E-state index in [-0.39, 0.29) is 0 Å². The molecule has 112 valence electrons. The summed E-state index contributed by atoms with van der Waals surface area (Å²) in [5.41, 5.74) is 0.436. The number of hydrogen-bond donors (Lipinski definition) is 2.